The lowest BCUT2D eigenvalue weighted by atomic mass is 10.1. The maximum Gasteiger partial charge on any atom is 0.326 e. The highest BCUT2D eigenvalue weighted by molar-refractivity contribution is 5.96. The summed E-state index contributed by atoms with van der Waals surface area (Å²) in [5, 5.41) is 28.4. The van der Waals surface area contributed by atoms with Crippen molar-refractivity contribution in [3.8, 4) is 6.07 Å². The number of nitriles is 1. The molecule has 0 bridgehead atoms. The van der Waals surface area contributed by atoms with Crippen LogP contribution in [0.1, 0.15) is 28.8 Å². The molecule has 0 spiro atoms. The van der Waals surface area contributed by atoms with Crippen molar-refractivity contribution in [2.24, 2.45) is 0 Å². The molecule has 0 aliphatic heterocycles. The van der Waals surface area contributed by atoms with Gasteiger partial charge in [-0.1, -0.05) is 6.07 Å². The van der Waals surface area contributed by atoms with Gasteiger partial charge in [0.05, 0.1) is 11.6 Å². The maximum absolute atomic E-state index is 11.8. The molecule has 0 unspecified atom stereocenters. The predicted molar refractivity (Wildman–Crippen MR) is 66.9 cm³/mol. The minimum atomic E-state index is -1.31. The fraction of sp³-hybridized carbons (Fsp3) is 0.231. The second-order valence-electron chi connectivity index (χ2n) is 3.99. The molecular weight excluding hydrogens is 264 g/mol. The van der Waals surface area contributed by atoms with Crippen molar-refractivity contribution < 1.29 is 24.6 Å². The van der Waals surface area contributed by atoms with Crippen molar-refractivity contribution in [3.05, 3.63) is 35.4 Å². The van der Waals surface area contributed by atoms with Crippen LogP contribution in [0.15, 0.2) is 24.3 Å². The number of nitrogens with one attached hydrogen (secondary N) is 1. The van der Waals surface area contributed by atoms with Crippen LogP contribution in [0.5, 0.6) is 0 Å². The fourth-order valence-corrected chi connectivity index (χ4v) is 1.50. The molecule has 1 amide bonds. The molecule has 3 N–H and O–H groups in total. The van der Waals surface area contributed by atoms with Gasteiger partial charge in [0.1, 0.15) is 6.04 Å². The van der Waals surface area contributed by atoms with E-state index in [1.54, 1.807) is 0 Å². The first-order valence-corrected chi connectivity index (χ1v) is 5.69. The van der Waals surface area contributed by atoms with Gasteiger partial charge in [-0.05, 0) is 24.6 Å². The molecule has 0 heterocycles. The van der Waals surface area contributed by atoms with E-state index < -0.39 is 23.9 Å². The molecule has 0 aliphatic carbocycles. The van der Waals surface area contributed by atoms with E-state index in [-0.39, 0.29) is 24.0 Å². The molecule has 7 nitrogen and oxygen atoms in total. The number of nitrogens with zero attached hydrogens (tertiary/aromatic N) is 1. The summed E-state index contributed by atoms with van der Waals surface area (Å²) in [6.07, 6.45) is -0.580. The lowest BCUT2D eigenvalue weighted by molar-refractivity contribution is -0.140. The minimum absolute atomic E-state index is 0.144. The number of carboxylic acid groups (broad SMARTS) is 2. The van der Waals surface area contributed by atoms with Crippen molar-refractivity contribution in [2.45, 2.75) is 18.9 Å². The number of carbonyl (C=O) groups is 3. The Kier molecular flexibility index (Phi) is 5.23. The number of hydrogen-bond acceptors (Lipinski definition) is 4. The Morgan fingerprint density at radius 1 is 1.30 bits per heavy atom. The molecule has 1 atom stereocenters. The van der Waals surface area contributed by atoms with Gasteiger partial charge in [-0.3, -0.25) is 9.59 Å². The largest absolute Gasteiger partial charge is 0.481 e. The van der Waals surface area contributed by atoms with E-state index >= 15 is 0 Å². The maximum atomic E-state index is 11.8. The standard InChI is InChI=1S/C13H12N2O5/c14-7-8-2-1-3-9(6-8)12(18)15-10(13(19)20)4-5-11(16)17/h1-3,6,10H,4-5H2,(H,15,18)(H,16,17)(H,19,20)/t10-/m0/s1. The number of hydrogen-bond donors (Lipinski definition) is 3. The highest BCUT2D eigenvalue weighted by Gasteiger charge is 2.21. The van der Waals surface area contributed by atoms with E-state index in [2.05, 4.69) is 5.32 Å². The van der Waals surface area contributed by atoms with Crippen LogP contribution in [0.3, 0.4) is 0 Å². The summed E-state index contributed by atoms with van der Waals surface area (Å²) in [6.45, 7) is 0. The lowest BCUT2D eigenvalue weighted by Crippen LogP contribution is -2.41. The topological polar surface area (TPSA) is 127 Å². The summed E-state index contributed by atoms with van der Waals surface area (Å²) in [5.74, 6) is -3.12. The first-order valence-electron chi connectivity index (χ1n) is 5.69. The van der Waals surface area contributed by atoms with Gasteiger partial charge in [0, 0.05) is 12.0 Å². The number of carboxylic acids is 2. The average Bonchev–Trinajstić information content (AvgIpc) is 2.42. The molecule has 1 aromatic carbocycles. The van der Waals surface area contributed by atoms with E-state index in [1.807, 2.05) is 6.07 Å². The van der Waals surface area contributed by atoms with Gasteiger partial charge in [-0.15, -0.1) is 0 Å². The normalized spacial score (nSPS) is 11.2. The molecule has 0 aromatic heterocycles. The van der Waals surface area contributed by atoms with Gasteiger partial charge in [0.25, 0.3) is 5.91 Å². The molecule has 1 aromatic rings. The number of amides is 1. The Hall–Kier alpha value is -2.88. The van der Waals surface area contributed by atoms with Gasteiger partial charge in [0.2, 0.25) is 0 Å². The highest BCUT2D eigenvalue weighted by atomic mass is 16.4. The SMILES string of the molecule is N#Cc1cccc(C(=O)N[C@@H](CCC(=O)O)C(=O)O)c1. The Morgan fingerprint density at radius 3 is 2.55 bits per heavy atom. The second-order valence-corrected chi connectivity index (χ2v) is 3.99. The van der Waals surface area contributed by atoms with Crippen LogP contribution in [-0.2, 0) is 9.59 Å². The molecule has 7 heteroatoms. The molecular formula is C13H12N2O5. The van der Waals surface area contributed by atoms with Crippen LogP contribution in [0.4, 0.5) is 0 Å². The quantitative estimate of drug-likeness (QED) is 0.698. The van der Waals surface area contributed by atoms with Crippen LogP contribution in [0.25, 0.3) is 0 Å². The number of carbonyl (C=O) groups excluding carboxylic acids is 1. The van der Waals surface area contributed by atoms with Crippen LogP contribution in [-0.4, -0.2) is 34.1 Å². The summed E-state index contributed by atoms with van der Waals surface area (Å²) in [4.78, 5) is 33.2. The van der Waals surface area contributed by atoms with Crippen molar-refractivity contribution >= 4 is 17.8 Å². The van der Waals surface area contributed by atoms with E-state index in [4.69, 9.17) is 15.5 Å². The summed E-state index contributed by atoms with van der Waals surface area (Å²) in [5.41, 5.74) is 0.417. The molecule has 0 saturated heterocycles. The van der Waals surface area contributed by atoms with Gasteiger partial charge >= 0.3 is 11.9 Å². The molecule has 0 fully saturated rings. The van der Waals surface area contributed by atoms with Gasteiger partial charge in [-0.2, -0.15) is 5.26 Å². The zero-order chi connectivity index (χ0) is 15.1. The number of rotatable bonds is 6. The van der Waals surface area contributed by atoms with Crippen molar-refractivity contribution in [2.75, 3.05) is 0 Å². The predicted octanol–water partition coefficient (Wildman–Crippen LogP) is 0.606. The fourth-order valence-electron chi connectivity index (χ4n) is 1.50. The van der Waals surface area contributed by atoms with E-state index in [9.17, 15) is 14.4 Å². The zero-order valence-corrected chi connectivity index (χ0v) is 10.4. The molecule has 0 saturated carbocycles. The third kappa shape index (κ3) is 4.42. The monoisotopic (exact) mass is 276 g/mol. The zero-order valence-electron chi connectivity index (χ0n) is 10.4. The molecule has 0 aliphatic rings. The molecule has 0 radical (unpaired) electrons. The third-order valence-corrected chi connectivity index (χ3v) is 2.50. The summed E-state index contributed by atoms with van der Waals surface area (Å²) in [6, 6.07) is 6.35. The number of benzene rings is 1. The van der Waals surface area contributed by atoms with E-state index in [0.717, 1.165) is 0 Å². The Balaban J connectivity index is 2.77. The van der Waals surface area contributed by atoms with Gasteiger partial charge in [0.15, 0.2) is 0 Å². The smallest absolute Gasteiger partial charge is 0.326 e. The van der Waals surface area contributed by atoms with Gasteiger partial charge < -0.3 is 15.5 Å². The van der Waals surface area contributed by atoms with Crippen LogP contribution in [0, 0.1) is 11.3 Å². The summed E-state index contributed by atoms with van der Waals surface area (Å²) < 4.78 is 0. The van der Waals surface area contributed by atoms with Crippen molar-refractivity contribution in [3.63, 3.8) is 0 Å². The first-order chi connectivity index (χ1) is 9.43. The van der Waals surface area contributed by atoms with Crippen molar-refractivity contribution in [1.82, 2.24) is 5.32 Å². The minimum Gasteiger partial charge on any atom is -0.481 e. The highest BCUT2D eigenvalue weighted by Crippen LogP contribution is 2.06. The molecule has 20 heavy (non-hydrogen) atoms. The first kappa shape index (κ1) is 15.2. The molecule has 104 valence electrons. The third-order valence-electron chi connectivity index (χ3n) is 2.50. The Morgan fingerprint density at radius 2 is 2.00 bits per heavy atom. The Labute approximate surface area is 114 Å². The van der Waals surface area contributed by atoms with Crippen LogP contribution < -0.4 is 5.32 Å². The van der Waals surface area contributed by atoms with E-state index in [1.165, 1.54) is 24.3 Å². The average molecular weight is 276 g/mol. The van der Waals surface area contributed by atoms with Gasteiger partial charge in [-0.25, -0.2) is 4.79 Å². The molecule has 1 rings (SSSR count). The van der Waals surface area contributed by atoms with Crippen LogP contribution >= 0.6 is 0 Å². The van der Waals surface area contributed by atoms with Crippen molar-refractivity contribution in [1.29, 1.82) is 5.26 Å². The Bertz CT molecular complexity index is 576. The van der Waals surface area contributed by atoms with E-state index in [0.29, 0.717) is 0 Å². The summed E-state index contributed by atoms with van der Waals surface area (Å²) >= 11 is 0. The van der Waals surface area contributed by atoms with Crippen LogP contribution in [0.2, 0.25) is 0 Å². The second kappa shape index (κ2) is 6.89. The summed E-state index contributed by atoms with van der Waals surface area (Å²) in [7, 11) is 0. The number of aliphatic carboxylic acids is 2. The lowest BCUT2D eigenvalue weighted by Gasteiger charge is -2.13.